The summed E-state index contributed by atoms with van der Waals surface area (Å²) in [6.07, 6.45) is 2.00. The zero-order valence-corrected chi connectivity index (χ0v) is 18.0. The largest absolute Gasteiger partial charge is 0.382 e. The first-order valence-electron chi connectivity index (χ1n) is 10.1. The summed E-state index contributed by atoms with van der Waals surface area (Å²) >= 11 is 0. The molecule has 1 rings (SSSR count). The van der Waals surface area contributed by atoms with E-state index in [9.17, 15) is 9.59 Å². The highest BCUT2D eigenvalue weighted by Crippen LogP contribution is 2.13. The molecule has 166 valence electrons. The van der Waals surface area contributed by atoms with Crippen LogP contribution in [0.25, 0.3) is 0 Å². The number of hydrogen-bond acceptors (Lipinski definition) is 7. The molecule has 1 fully saturated rings. The van der Waals surface area contributed by atoms with Gasteiger partial charge in [0.15, 0.2) is 0 Å². The van der Waals surface area contributed by atoms with E-state index in [0.29, 0.717) is 46.1 Å². The van der Waals surface area contributed by atoms with Crippen molar-refractivity contribution >= 4 is 11.8 Å². The lowest BCUT2D eigenvalue weighted by atomic mass is 10.1. The second-order valence-electron chi connectivity index (χ2n) is 6.03. The SMILES string of the molecule is CC.CNC(=O)CN1CCC(OCCOCC(=O)NCCOCCOC)CC1. The average molecular weight is 406 g/mol. The normalized spacial score (nSPS) is 14.9. The third-order valence-corrected chi connectivity index (χ3v) is 4.00. The van der Waals surface area contributed by atoms with Gasteiger partial charge in [0, 0.05) is 33.8 Å². The molecule has 2 amide bonds. The van der Waals surface area contributed by atoms with Gasteiger partial charge in [0.25, 0.3) is 0 Å². The molecule has 9 nitrogen and oxygen atoms in total. The summed E-state index contributed by atoms with van der Waals surface area (Å²) < 4.78 is 21.2. The molecule has 0 unspecified atom stereocenters. The molecule has 9 heteroatoms. The van der Waals surface area contributed by atoms with E-state index in [4.69, 9.17) is 18.9 Å². The molecule has 0 aliphatic carbocycles. The van der Waals surface area contributed by atoms with Gasteiger partial charge in [0.2, 0.25) is 11.8 Å². The number of nitrogens with one attached hydrogen (secondary N) is 2. The Labute approximate surface area is 169 Å². The van der Waals surface area contributed by atoms with Crippen LogP contribution >= 0.6 is 0 Å². The molecule has 1 saturated heterocycles. The number of piperidine rings is 1. The van der Waals surface area contributed by atoms with E-state index in [0.717, 1.165) is 25.9 Å². The number of likely N-dealkylation sites (N-methyl/N-ethyl adjacent to an activating group) is 1. The van der Waals surface area contributed by atoms with Gasteiger partial charge in [-0.05, 0) is 12.8 Å². The molecule has 2 N–H and O–H groups in total. The minimum Gasteiger partial charge on any atom is -0.382 e. The maximum Gasteiger partial charge on any atom is 0.246 e. The Hall–Kier alpha value is -1.26. The summed E-state index contributed by atoms with van der Waals surface area (Å²) in [6.45, 7) is 9.00. The average Bonchev–Trinajstić information content (AvgIpc) is 2.73. The number of carbonyl (C=O) groups is 2. The summed E-state index contributed by atoms with van der Waals surface area (Å²) in [6, 6.07) is 0. The van der Waals surface area contributed by atoms with Crippen LogP contribution in [0.5, 0.6) is 0 Å². The number of hydrogen-bond donors (Lipinski definition) is 2. The molecule has 0 bridgehead atoms. The highest BCUT2D eigenvalue weighted by molar-refractivity contribution is 5.77. The minimum atomic E-state index is -0.164. The Bertz CT molecular complexity index is 390. The van der Waals surface area contributed by atoms with Crippen molar-refractivity contribution in [2.75, 3.05) is 80.0 Å². The molecule has 0 saturated carbocycles. The van der Waals surface area contributed by atoms with E-state index in [1.165, 1.54) is 0 Å². The fourth-order valence-electron chi connectivity index (χ4n) is 2.51. The number of amides is 2. The first-order valence-corrected chi connectivity index (χ1v) is 10.1. The Morgan fingerprint density at radius 2 is 1.64 bits per heavy atom. The maximum atomic E-state index is 11.6. The van der Waals surface area contributed by atoms with Crippen LogP contribution in [-0.2, 0) is 28.5 Å². The zero-order chi connectivity index (χ0) is 21.0. The second-order valence-corrected chi connectivity index (χ2v) is 6.03. The topological polar surface area (TPSA) is 98.4 Å². The van der Waals surface area contributed by atoms with Crippen molar-refractivity contribution in [2.24, 2.45) is 0 Å². The van der Waals surface area contributed by atoms with E-state index in [1.807, 2.05) is 13.8 Å². The van der Waals surface area contributed by atoms with Crippen molar-refractivity contribution in [1.82, 2.24) is 15.5 Å². The minimum absolute atomic E-state index is 0.0198. The first kappa shape index (κ1) is 26.7. The van der Waals surface area contributed by atoms with Gasteiger partial charge in [-0.2, -0.15) is 0 Å². The lowest BCUT2D eigenvalue weighted by Gasteiger charge is -2.31. The second kappa shape index (κ2) is 19.1. The van der Waals surface area contributed by atoms with Crippen molar-refractivity contribution in [3.63, 3.8) is 0 Å². The third-order valence-electron chi connectivity index (χ3n) is 4.00. The van der Waals surface area contributed by atoms with Crippen molar-refractivity contribution in [2.45, 2.75) is 32.8 Å². The Morgan fingerprint density at radius 1 is 0.964 bits per heavy atom. The monoisotopic (exact) mass is 405 g/mol. The van der Waals surface area contributed by atoms with E-state index in [-0.39, 0.29) is 24.5 Å². The Morgan fingerprint density at radius 3 is 2.29 bits per heavy atom. The molecule has 0 aromatic heterocycles. The van der Waals surface area contributed by atoms with Crippen LogP contribution in [0.1, 0.15) is 26.7 Å². The van der Waals surface area contributed by atoms with Crippen LogP contribution in [0.15, 0.2) is 0 Å². The molecule has 1 aliphatic rings. The fourth-order valence-corrected chi connectivity index (χ4v) is 2.51. The summed E-state index contributed by atoms with van der Waals surface area (Å²) in [5.74, 6) is -0.125. The standard InChI is InChI=1S/C17H33N3O6.C2H6/c1-18-16(21)13-20-6-3-15(4-7-20)26-12-11-25-14-17(22)19-5-8-24-10-9-23-2;1-2/h15H,3-14H2,1-2H3,(H,18,21)(H,19,22);1-2H3. The van der Waals surface area contributed by atoms with Gasteiger partial charge < -0.3 is 29.6 Å². The number of likely N-dealkylation sites (tertiary alicyclic amines) is 1. The van der Waals surface area contributed by atoms with Gasteiger partial charge in [-0.3, -0.25) is 14.5 Å². The number of rotatable bonds is 14. The maximum absolute atomic E-state index is 11.6. The van der Waals surface area contributed by atoms with Gasteiger partial charge in [-0.15, -0.1) is 0 Å². The number of carbonyl (C=O) groups excluding carboxylic acids is 2. The number of ether oxygens (including phenoxy) is 4. The van der Waals surface area contributed by atoms with Crippen molar-refractivity contribution in [3.05, 3.63) is 0 Å². The fraction of sp³-hybridized carbons (Fsp3) is 0.895. The van der Waals surface area contributed by atoms with Crippen molar-refractivity contribution in [3.8, 4) is 0 Å². The van der Waals surface area contributed by atoms with Crippen molar-refractivity contribution in [1.29, 1.82) is 0 Å². The lowest BCUT2D eigenvalue weighted by Crippen LogP contribution is -2.42. The summed E-state index contributed by atoms with van der Waals surface area (Å²) in [7, 11) is 3.26. The molecule has 0 spiro atoms. The van der Waals surface area contributed by atoms with E-state index in [1.54, 1.807) is 14.2 Å². The molecule has 0 aromatic carbocycles. The van der Waals surface area contributed by atoms with Crippen LogP contribution in [0.2, 0.25) is 0 Å². The third kappa shape index (κ3) is 14.8. The molecular formula is C19H39N3O6. The summed E-state index contributed by atoms with van der Waals surface area (Å²) in [5.41, 5.74) is 0. The number of methoxy groups -OCH3 is 1. The molecule has 0 aromatic rings. The van der Waals surface area contributed by atoms with Gasteiger partial charge >= 0.3 is 0 Å². The Kier molecular flexibility index (Phi) is 18.2. The predicted octanol–water partition coefficient (Wildman–Crippen LogP) is 0.0354. The molecule has 0 radical (unpaired) electrons. The lowest BCUT2D eigenvalue weighted by molar-refractivity contribution is -0.127. The highest BCUT2D eigenvalue weighted by Gasteiger charge is 2.20. The van der Waals surface area contributed by atoms with E-state index in [2.05, 4.69) is 15.5 Å². The molecule has 1 heterocycles. The van der Waals surface area contributed by atoms with Gasteiger partial charge in [-0.25, -0.2) is 0 Å². The van der Waals surface area contributed by atoms with Gasteiger partial charge in [0.1, 0.15) is 6.61 Å². The quantitative estimate of drug-likeness (QED) is 0.394. The zero-order valence-electron chi connectivity index (χ0n) is 18.0. The summed E-state index contributed by atoms with van der Waals surface area (Å²) in [5, 5.41) is 5.35. The molecule has 1 aliphatic heterocycles. The smallest absolute Gasteiger partial charge is 0.246 e. The molecule has 28 heavy (non-hydrogen) atoms. The predicted molar refractivity (Wildman–Crippen MR) is 107 cm³/mol. The van der Waals surface area contributed by atoms with Gasteiger partial charge in [-0.1, -0.05) is 13.8 Å². The van der Waals surface area contributed by atoms with E-state index < -0.39 is 0 Å². The van der Waals surface area contributed by atoms with Crippen LogP contribution in [0, 0.1) is 0 Å². The van der Waals surface area contributed by atoms with Gasteiger partial charge in [0.05, 0.1) is 45.7 Å². The summed E-state index contributed by atoms with van der Waals surface area (Å²) in [4.78, 5) is 25.0. The van der Waals surface area contributed by atoms with E-state index >= 15 is 0 Å². The van der Waals surface area contributed by atoms with Crippen LogP contribution in [-0.4, -0.2) is 103 Å². The highest BCUT2D eigenvalue weighted by atomic mass is 16.5. The van der Waals surface area contributed by atoms with Crippen LogP contribution in [0.4, 0.5) is 0 Å². The van der Waals surface area contributed by atoms with Crippen LogP contribution < -0.4 is 10.6 Å². The Balaban J connectivity index is 0.00000352. The molecular weight excluding hydrogens is 366 g/mol. The van der Waals surface area contributed by atoms with Crippen LogP contribution in [0.3, 0.4) is 0 Å². The number of nitrogens with zero attached hydrogens (tertiary/aromatic N) is 1. The molecule has 0 atom stereocenters. The van der Waals surface area contributed by atoms with Crippen molar-refractivity contribution < 1.29 is 28.5 Å². The first-order chi connectivity index (χ1) is 13.7.